The van der Waals surface area contributed by atoms with Crippen molar-refractivity contribution in [3.8, 4) is 5.75 Å². The molecule has 0 aromatic heterocycles. The number of piperidine rings is 1. The summed E-state index contributed by atoms with van der Waals surface area (Å²) >= 11 is 6.07. The third-order valence-electron chi connectivity index (χ3n) is 4.16. The summed E-state index contributed by atoms with van der Waals surface area (Å²) in [4.78, 5) is 0. The fourth-order valence-corrected chi connectivity index (χ4v) is 3.19. The van der Waals surface area contributed by atoms with Gasteiger partial charge in [0.1, 0.15) is 11.9 Å². The molecule has 0 aliphatic carbocycles. The summed E-state index contributed by atoms with van der Waals surface area (Å²) in [5, 5.41) is 4.32. The van der Waals surface area contributed by atoms with Crippen molar-refractivity contribution < 1.29 is 4.74 Å². The first-order valence-electron chi connectivity index (χ1n) is 8.02. The number of benzene rings is 2. The molecule has 2 aromatic rings. The summed E-state index contributed by atoms with van der Waals surface area (Å²) in [7, 11) is 0. The first kappa shape index (κ1) is 15.4. The number of nitrogens with one attached hydrogen (secondary N) is 1. The monoisotopic (exact) mass is 315 g/mol. The first-order chi connectivity index (χ1) is 10.8. The molecule has 0 saturated carbocycles. The van der Waals surface area contributed by atoms with Gasteiger partial charge in [0, 0.05) is 17.5 Å². The van der Waals surface area contributed by atoms with Crippen molar-refractivity contribution >= 4 is 11.6 Å². The molecule has 1 N–H and O–H groups in total. The van der Waals surface area contributed by atoms with Gasteiger partial charge in [0.2, 0.25) is 0 Å². The van der Waals surface area contributed by atoms with Crippen molar-refractivity contribution in [1.29, 1.82) is 0 Å². The summed E-state index contributed by atoms with van der Waals surface area (Å²) in [6, 6.07) is 18.6. The van der Waals surface area contributed by atoms with Crippen molar-refractivity contribution in [3.05, 3.63) is 65.2 Å². The molecule has 2 unspecified atom stereocenters. The molecule has 0 radical (unpaired) electrons. The lowest BCUT2D eigenvalue weighted by Crippen LogP contribution is -2.36. The second kappa shape index (κ2) is 7.66. The zero-order valence-corrected chi connectivity index (χ0v) is 13.4. The molecule has 1 aliphatic rings. The fourth-order valence-electron chi connectivity index (χ4n) is 3.01. The predicted octanol–water partition coefficient (Wildman–Crippen LogP) is 4.99. The minimum Gasteiger partial charge on any atom is -0.486 e. The normalized spacial score (nSPS) is 19.6. The smallest absolute Gasteiger partial charge is 0.125 e. The van der Waals surface area contributed by atoms with E-state index in [0.29, 0.717) is 11.1 Å². The highest BCUT2D eigenvalue weighted by Crippen LogP contribution is 2.29. The van der Waals surface area contributed by atoms with E-state index in [1.165, 1.54) is 24.8 Å². The van der Waals surface area contributed by atoms with Crippen LogP contribution in [0.1, 0.15) is 37.4 Å². The van der Waals surface area contributed by atoms with Gasteiger partial charge in [0.25, 0.3) is 0 Å². The van der Waals surface area contributed by atoms with E-state index >= 15 is 0 Å². The summed E-state index contributed by atoms with van der Waals surface area (Å²) in [5.74, 6) is 0.831. The van der Waals surface area contributed by atoms with Gasteiger partial charge in [0.05, 0.1) is 0 Å². The van der Waals surface area contributed by atoms with Crippen LogP contribution in [0.4, 0.5) is 0 Å². The Morgan fingerprint density at radius 1 is 1.09 bits per heavy atom. The second-order valence-corrected chi connectivity index (χ2v) is 6.29. The molecule has 2 nitrogen and oxygen atoms in total. The lowest BCUT2D eigenvalue weighted by atomic mass is 9.96. The van der Waals surface area contributed by atoms with Gasteiger partial charge in [-0.2, -0.15) is 0 Å². The Hall–Kier alpha value is -1.51. The van der Waals surface area contributed by atoms with E-state index < -0.39 is 0 Å². The number of rotatable bonds is 5. The van der Waals surface area contributed by atoms with E-state index in [1.54, 1.807) is 0 Å². The van der Waals surface area contributed by atoms with Crippen LogP contribution in [0.25, 0.3) is 0 Å². The third kappa shape index (κ3) is 4.25. The van der Waals surface area contributed by atoms with Gasteiger partial charge < -0.3 is 10.1 Å². The molecular weight excluding hydrogens is 294 g/mol. The van der Waals surface area contributed by atoms with Gasteiger partial charge in [-0.1, -0.05) is 54.4 Å². The van der Waals surface area contributed by atoms with Gasteiger partial charge in [-0.25, -0.2) is 0 Å². The van der Waals surface area contributed by atoms with E-state index in [9.17, 15) is 0 Å². The third-order valence-corrected chi connectivity index (χ3v) is 4.39. The van der Waals surface area contributed by atoms with Crippen molar-refractivity contribution in [3.63, 3.8) is 0 Å². The van der Waals surface area contributed by atoms with E-state index in [1.807, 2.05) is 30.3 Å². The van der Waals surface area contributed by atoms with Crippen LogP contribution in [-0.4, -0.2) is 12.6 Å². The largest absolute Gasteiger partial charge is 0.486 e. The van der Waals surface area contributed by atoms with Crippen LogP contribution in [0, 0.1) is 0 Å². The summed E-state index contributed by atoms with van der Waals surface area (Å²) < 4.78 is 6.26. The van der Waals surface area contributed by atoms with Crippen molar-refractivity contribution in [2.75, 3.05) is 6.54 Å². The van der Waals surface area contributed by atoms with Gasteiger partial charge in [-0.05, 0) is 43.1 Å². The molecule has 2 atom stereocenters. The molecule has 0 spiro atoms. The Balaban J connectivity index is 1.76. The summed E-state index contributed by atoms with van der Waals surface area (Å²) in [6.45, 7) is 1.11. The minimum absolute atomic E-state index is 0.0512. The van der Waals surface area contributed by atoms with Crippen molar-refractivity contribution in [2.45, 2.75) is 37.8 Å². The topological polar surface area (TPSA) is 21.3 Å². The highest BCUT2D eigenvalue weighted by Gasteiger charge is 2.21. The SMILES string of the molecule is Clc1cccc(OC(CC2CCCCN2)c2ccccc2)c1. The van der Waals surface area contributed by atoms with Crippen LogP contribution in [-0.2, 0) is 0 Å². The minimum atomic E-state index is 0.0512. The lowest BCUT2D eigenvalue weighted by molar-refractivity contribution is 0.169. The van der Waals surface area contributed by atoms with Gasteiger partial charge in [0.15, 0.2) is 0 Å². The molecule has 0 bridgehead atoms. The van der Waals surface area contributed by atoms with E-state index in [2.05, 4.69) is 29.6 Å². The second-order valence-electron chi connectivity index (χ2n) is 5.86. The van der Waals surface area contributed by atoms with E-state index in [-0.39, 0.29) is 6.10 Å². The Morgan fingerprint density at radius 2 is 1.95 bits per heavy atom. The maximum Gasteiger partial charge on any atom is 0.125 e. The molecule has 3 rings (SSSR count). The molecule has 22 heavy (non-hydrogen) atoms. The quantitative estimate of drug-likeness (QED) is 0.839. The van der Waals surface area contributed by atoms with Crippen molar-refractivity contribution in [2.24, 2.45) is 0 Å². The van der Waals surface area contributed by atoms with Gasteiger partial charge in [-0.15, -0.1) is 0 Å². The van der Waals surface area contributed by atoms with Crippen LogP contribution in [0.5, 0.6) is 5.75 Å². The molecule has 0 amide bonds. The highest BCUT2D eigenvalue weighted by atomic mass is 35.5. The zero-order chi connectivity index (χ0) is 15.2. The van der Waals surface area contributed by atoms with E-state index in [0.717, 1.165) is 18.7 Å². The van der Waals surface area contributed by atoms with Crippen LogP contribution < -0.4 is 10.1 Å². The Labute approximate surface area is 137 Å². The number of hydrogen-bond donors (Lipinski definition) is 1. The maximum absolute atomic E-state index is 6.26. The highest BCUT2D eigenvalue weighted by molar-refractivity contribution is 6.30. The first-order valence-corrected chi connectivity index (χ1v) is 8.39. The number of halogens is 1. The summed E-state index contributed by atoms with van der Waals surface area (Å²) in [6.07, 6.45) is 4.84. The average Bonchev–Trinajstić information content (AvgIpc) is 2.56. The lowest BCUT2D eigenvalue weighted by Gasteiger charge is -2.28. The van der Waals surface area contributed by atoms with Crippen LogP contribution in [0.15, 0.2) is 54.6 Å². The summed E-state index contributed by atoms with van der Waals surface area (Å²) in [5.41, 5.74) is 1.22. The van der Waals surface area contributed by atoms with Crippen LogP contribution in [0.3, 0.4) is 0 Å². The Morgan fingerprint density at radius 3 is 2.68 bits per heavy atom. The molecule has 116 valence electrons. The Bertz CT molecular complexity index is 581. The number of ether oxygens (including phenoxy) is 1. The molecule has 1 aliphatic heterocycles. The molecular formula is C19H22ClNO. The zero-order valence-electron chi connectivity index (χ0n) is 12.7. The van der Waals surface area contributed by atoms with Crippen LogP contribution >= 0.6 is 11.6 Å². The van der Waals surface area contributed by atoms with Crippen LogP contribution in [0.2, 0.25) is 5.02 Å². The standard InChI is InChI=1S/C19H22ClNO/c20-16-9-6-11-18(13-16)22-19(15-7-2-1-3-8-15)14-17-10-4-5-12-21-17/h1-3,6-9,11,13,17,19,21H,4-5,10,12,14H2. The molecule has 3 heteroatoms. The van der Waals surface area contributed by atoms with Crippen molar-refractivity contribution in [1.82, 2.24) is 5.32 Å². The molecule has 2 aromatic carbocycles. The molecule has 1 fully saturated rings. The predicted molar refractivity (Wildman–Crippen MR) is 91.5 cm³/mol. The van der Waals surface area contributed by atoms with Gasteiger partial charge >= 0.3 is 0 Å². The van der Waals surface area contributed by atoms with Gasteiger partial charge in [-0.3, -0.25) is 0 Å². The molecule has 1 heterocycles. The molecule has 1 saturated heterocycles. The van der Waals surface area contributed by atoms with E-state index in [4.69, 9.17) is 16.3 Å². The Kier molecular flexibility index (Phi) is 5.36. The fraction of sp³-hybridized carbons (Fsp3) is 0.368. The number of hydrogen-bond acceptors (Lipinski definition) is 2. The maximum atomic E-state index is 6.26. The average molecular weight is 316 g/mol.